The second-order valence-electron chi connectivity index (χ2n) is 3.24. The minimum Gasteiger partial charge on any atom is -1.00 e. The maximum Gasteiger partial charge on any atom is 0.346 e. The molecule has 0 aliphatic heterocycles. The zero-order valence-electron chi connectivity index (χ0n) is 8.22. The third-order valence-electron chi connectivity index (χ3n) is 2.19. The van der Waals surface area contributed by atoms with Crippen molar-refractivity contribution in [2.75, 3.05) is 0 Å². The molecule has 80 valence electrons. The number of hydrogen-bond donors (Lipinski definition) is 1. The summed E-state index contributed by atoms with van der Waals surface area (Å²) in [7, 11) is 1.90. The highest BCUT2D eigenvalue weighted by molar-refractivity contribution is 5.74. The Bertz CT molecular complexity index is 493. The molecule has 0 aliphatic carbocycles. The van der Waals surface area contributed by atoms with Crippen LogP contribution in [0.5, 0.6) is 0 Å². The fraction of sp³-hybridized carbons (Fsp3) is 0.200. The molecule has 0 spiro atoms. The van der Waals surface area contributed by atoms with Crippen LogP contribution >= 0.6 is 0 Å². The number of hydrogen-bond acceptors (Lipinski definition) is 1. The van der Waals surface area contributed by atoms with Crippen molar-refractivity contribution >= 4 is 17.0 Å². The summed E-state index contributed by atoms with van der Waals surface area (Å²) in [5.41, 5.74) is 1.98. The highest BCUT2D eigenvalue weighted by Gasteiger charge is 2.14. The number of fused-ring (bicyclic) bond motifs is 1. The zero-order chi connectivity index (χ0) is 10.1. The minimum absolute atomic E-state index is 0. The van der Waals surface area contributed by atoms with Crippen LogP contribution in [0.2, 0.25) is 0 Å². The van der Waals surface area contributed by atoms with Crippen LogP contribution in [-0.4, -0.2) is 15.6 Å². The third kappa shape index (κ3) is 2.10. The number of aromatic nitrogens is 2. The van der Waals surface area contributed by atoms with E-state index in [2.05, 4.69) is 0 Å². The fourth-order valence-corrected chi connectivity index (χ4v) is 1.61. The number of imidazole rings is 1. The summed E-state index contributed by atoms with van der Waals surface area (Å²) in [4.78, 5) is 10.6. The molecular weight excluding hydrogens is 216 g/mol. The van der Waals surface area contributed by atoms with E-state index in [9.17, 15) is 4.79 Å². The number of halogens is 1. The molecule has 0 saturated carbocycles. The van der Waals surface area contributed by atoms with E-state index in [1.165, 1.54) is 0 Å². The molecule has 2 rings (SSSR count). The third-order valence-corrected chi connectivity index (χ3v) is 2.19. The van der Waals surface area contributed by atoms with Crippen molar-refractivity contribution in [1.82, 2.24) is 4.57 Å². The van der Waals surface area contributed by atoms with Gasteiger partial charge in [-0.05, 0) is 12.1 Å². The van der Waals surface area contributed by atoms with Gasteiger partial charge in [0.25, 0.3) is 0 Å². The quantitative estimate of drug-likeness (QED) is 0.579. The summed E-state index contributed by atoms with van der Waals surface area (Å²) >= 11 is 0. The molecule has 0 radical (unpaired) electrons. The average molecular weight is 227 g/mol. The van der Waals surface area contributed by atoms with Gasteiger partial charge in [-0.15, -0.1) is 0 Å². The summed E-state index contributed by atoms with van der Waals surface area (Å²) in [6.45, 7) is 0.00134. The molecule has 0 bridgehead atoms. The Morgan fingerprint density at radius 2 is 2.13 bits per heavy atom. The molecule has 1 aromatic carbocycles. The molecular formula is C10H11ClN2O2. The van der Waals surface area contributed by atoms with Gasteiger partial charge in [-0.25, -0.2) is 13.9 Å². The molecule has 0 fully saturated rings. The Labute approximate surface area is 93.2 Å². The smallest absolute Gasteiger partial charge is 0.346 e. The number of carboxylic acid groups (broad SMARTS) is 1. The van der Waals surface area contributed by atoms with Gasteiger partial charge in [-0.3, -0.25) is 0 Å². The van der Waals surface area contributed by atoms with Crippen molar-refractivity contribution in [2.45, 2.75) is 6.54 Å². The van der Waals surface area contributed by atoms with E-state index in [4.69, 9.17) is 5.11 Å². The molecule has 4 nitrogen and oxygen atoms in total. The number of aliphatic carboxylic acids is 1. The van der Waals surface area contributed by atoms with Crippen LogP contribution in [0.25, 0.3) is 11.0 Å². The first kappa shape index (κ1) is 11.5. The molecule has 0 unspecified atom stereocenters. The highest BCUT2D eigenvalue weighted by Crippen LogP contribution is 2.09. The average Bonchev–Trinajstić information content (AvgIpc) is 2.44. The van der Waals surface area contributed by atoms with Gasteiger partial charge in [-0.1, -0.05) is 12.1 Å². The predicted molar refractivity (Wildman–Crippen MR) is 50.7 cm³/mol. The molecule has 0 aliphatic rings. The lowest BCUT2D eigenvalue weighted by Crippen LogP contribution is -3.00. The maximum atomic E-state index is 10.6. The topological polar surface area (TPSA) is 46.1 Å². The Morgan fingerprint density at radius 1 is 1.47 bits per heavy atom. The highest BCUT2D eigenvalue weighted by atomic mass is 35.5. The van der Waals surface area contributed by atoms with E-state index in [0.29, 0.717) is 0 Å². The molecule has 0 amide bonds. The SMILES string of the molecule is C[n+]1cn(CC(=O)O)c2ccccc21.[Cl-]. The number of carboxylic acids is 1. The molecule has 15 heavy (non-hydrogen) atoms. The summed E-state index contributed by atoms with van der Waals surface area (Å²) in [5.74, 6) is -0.827. The zero-order valence-corrected chi connectivity index (χ0v) is 8.98. The second kappa shape index (κ2) is 4.31. The molecule has 0 atom stereocenters. The Kier molecular flexibility index (Phi) is 3.31. The lowest BCUT2D eigenvalue weighted by Gasteiger charge is -1.90. The van der Waals surface area contributed by atoms with E-state index < -0.39 is 5.97 Å². The van der Waals surface area contributed by atoms with Crippen LogP contribution in [0, 0.1) is 0 Å². The Morgan fingerprint density at radius 3 is 2.80 bits per heavy atom. The van der Waals surface area contributed by atoms with Crippen molar-refractivity contribution in [1.29, 1.82) is 0 Å². The lowest BCUT2D eigenvalue weighted by atomic mass is 10.3. The fourth-order valence-electron chi connectivity index (χ4n) is 1.61. The molecule has 1 N–H and O–H groups in total. The lowest BCUT2D eigenvalue weighted by molar-refractivity contribution is -0.645. The van der Waals surface area contributed by atoms with E-state index >= 15 is 0 Å². The monoisotopic (exact) mass is 226 g/mol. The van der Waals surface area contributed by atoms with E-state index in [0.717, 1.165) is 11.0 Å². The summed E-state index contributed by atoms with van der Waals surface area (Å²) in [6.07, 6.45) is 1.79. The van der Waals surface area contributed by atoms with Gasteiger partial charge in [0.15, 0.2) is 17.6 Å². The van der Waals surface area contributed by atoms with Crippen LogP contribution in [-0.2, 0) is 18.4 Å². The first-order valence-electron chi connectivity index (χ1n) is 4.34. The van der Waals surface area contributed by atoms with E-state index in [1.807, 2.05) is 35.9 Å². The standard InChI is InChI=1S/C10H10N2O2.ClH/c1-11-7-12(6-10(13)14)9-5-3-2-4-8(9)11;/h2-5,7H,6H2,1H3;1H. The van der Waals surface area contributed by atoms with Crippen molar-refractivity contribution in [3.63, 3.8) is 0 Å². The van der Waals surface area contributed by atoms with Gasteiger partial charge in [0.2, 0.25) is 6.33 Å². The largest absolute Gasteiger partial charge is 1.00 e. The van der Waals surface area contributed by atoms with Crippen LogP contribution in [0.15, 0.2) is 30.6 Å². The molecule has 5 heteroatoms. The summed E-state index contributed by atoms with van der Waals surface area (Å²) in [5, 5.41) is 8.71. The first-order chi connectivity index (χ1) is 6.68. The normalized spacial score (nSPS) is 9.93. The van der Waals surface area contributed by atoms with Gasteiger partial charge in [0, 0.05) is 0 Å². The van der Waals surface area contributed by atoms with Gasteiger partial charge < -0.3 is 17.5 Å². The van der Waals surface area contributed by atoms with Gasteiger partial charge in [-0.2, -0.15) is 0 Å². The van der Waals surface area contributed by atoms with Crippen LogP contribution in [0.1, 0.15) is 0 Å². The maximum absolute atomic E-state index is 10.6. The van der Waals surface area contributed by atoms with Crippen molar-refractivity contribution in [3.8, 4) is 0 Å². The van der Waals surface area contributed by atoms with Crippen LogP contribution in [0.4, 0.5) is 0 Å². The second-order valence-corrected chi connectivity index (χ2v) is 3.24. The van der Waals surface area contributed by atoms with Crippen LogP contribution < -0.4 is 17.0 Å². The van der Waals surface area contributed by atoms with Gasteiger partial charge in [0.1, 0.15) is 0 Å². The Balaban J connectivity index is 0.00000112. The molecule has 0 saturated heterocycles. The van der Waals surface area contributed by atoms with E-state index in [1.54, 1.807) is 10.9 Å². The molecule has 1 aromatic heterocycles. The number of nitrogens with zero attached hydrogens (tertiary/aromatic N) is 2. The number of rotatable bonds is 2. The number of carbonyl (C=O) groups is 1. The summed E-state index contributed by atoms with van der Waals surface area (Å²) in [6, 6.07) is 7.72. The summed E-state index contributed by atoms with van der Waals surface area (Å²) < 4.78 is 3.63. The van der Waals surface area contributed by atoms with Gasteiger partial charge >= 0.3 is 5.97 Å². The van der Waals surface area contributed by atoms with E-state index in [-0.39, 0.29) is 19.0 Å². The van der Waals surface area contributed by atoms with Crippen molar-refractivity contribution < 1.29 is 26.9 Å². The number of para-hydroxylation sites is 2. The van der Waals surface area contributed by atoms with Crippen molar-refractivity contribution in [3.05, 3.63) is 30.6 Å². The van der Waals surface area contributed by atoms with Crippen LogP contribution in [0.3, 0.4) is 0 Å². The van der Waals surface area contributed by atoms with Crippen molar-refractivity contribution in [2.24, 2.45) is 7.05 Å². The minimum atomic E-state index is -0.827. The first-order valence-corrected chi connectivity index (χ1v) is 4.34. The molecule has 2 aromatic rings. The Hall–Kier alpha value is -1.55. The predicted octanol–water partition coefficient (Wildman–Crippen LogP) is -2.45. The number of benzene rings is 1. The number of aryl methyl sites for hydroxylation is 1. The van der Waals surface area contributed by atoms with Gasteiger partial charge in [0.05, 0.1) is 7.05 Å². The molecule has 1 heterocycles.